The molecule has 1 aliphatic rings. The summed E-state index contributed by atoms with van der Waals surface area (Å²) in [6.07, 6.45) is 3.89. The average Bonchev–Trinajstić information content (AvgIpc) is 3.30. The maximum absolute atomic E-state index is 12.7. The van der Waals surface area contributed by atoms with Crippen LogP contribution in [0.1, 0.15) is 68.5 Å². The second-order valence-electron chi connectivity index (χ2n) is 7.19. The molecule has 0 spiro atoms. The first kappa shape index (κ1) is 17.4. The summed E-state index contributed by atoms with van der Waals surface area (Å²) in [6, 6.07) is 2.05. The third-order valence-corrected chi connectivity index (χ3v) is 4.18. The number of aromatic nitrogens is 3. The Kier molecular flexibility index (Phi) is 4.74. The number of nitrogens with zero attached hydrogens (tertiary/aromatic N) is 3. The number of hydrogen-bond donors (Lipinski definition) is 2. The number of rotatable bonds is 6. The monoisotopic (exact) mass is 343 g/mol. The lowest BCUT2D eigenvalue weighted by Gasteiger charge is -2.11. The van der Waals surface area contributed by atoms with Crippen LogP contribution in [0, 0.1) is 0 Å². The molecular weight excluding hydrogens is 318 g/mol. The summed E-state index contributed by atoms with van der Waals surface area (Å²) in [5.41, 5.74) is 2.21. The van der Waals surface area contributed by atoms with E-state index in [1.165, 1.54) is 0 Å². The molecule has 7 heteroatoms. The van der Waals surface area contributed by atoms with Gasteiger partial charge in [-0.15, -0.1) is 0 Å². The molecular formula is C18H25N5O2. The van der Waals surface area contributed by atoms with Gasteiger partial charge in [0, 0.05) is 23.7 Å². The van der Waals surface area contributed by atoms with Crippen LogP contribution >= 0.6 is 0 Å². The second-order valence-corrected chi connectivity index (χ2v) is 7.19. The molecule has 1 fully saturated rings. The minimum absolute atomic E-state index is 0.0437. The minimum Gasteiger partial charge on any atom is -0.352 e. The molecule has 7 nitrogen and oxygen atoms in total. The highest BCUT2D eigenvalue weighted by Crippen LogP contribution is 2.40. The molecule has 0 atom stereocenters. The van der Waals surface area contributed by atoms with Crippen LogP contribution in [0.3, 0.4) is 0 Å². The van der Waals surface area contributed by atoms with Crippen molar-refractivity contribution in [1.29, 1.82) is 0 Å². The highest BCUT2D eigenvalue weighted by atomic mass is 16.2. The maximum atomic E-state index is 12.7. The van der Waals surface area contributed by atoms with Gasteiger partial charge in [-0.05, 0) is 46.6 Å². The average molecular weight is 343 g/mol. The molecule has 0 radical (unpaired) electrons. The van der Waals surface area contributed by atoms with E-state index < -0.39 is 0 Å². The van der Waals surface area contributed by atoms with Gasteiger partial charge < -0.3 is 10.6 Å². The number of hydrogen-bond acceptors (Lipinski definition) is 4. The molecule has 0 bridgehead atoms. The summed E-state index contributed by atoms with van der Waals surface area (Å²) in [5, 5.41) is 10.6. The molecule has 25 heavy (non-hydrogen) atoms. The SMILES string of the molecule is CC(C)NC(=O)CNC(=O)c1cc(C2CC2)nc2c1cnn2C(C)C. The van der Waals surface area contributed by atoms with Crippen molar-refractivity contribution in [2.45, 2.75) is 58.5 Å². The van der Waals surface area contributed by atoms with E-state index in [0.717, 1.165) is 29.6 Å². The van der Waals surface area contributed by atoms with Gasteiger partial charge in [0.2, 0.25) is 5.91 Å². The van der Waals surface area contributed by atoms with Crippen molar-refractivity contribution in [3.05, 3.63) is 23.5 Å². The summed E-state index contributed by atoms with van der Waals surface area (Å²) in [4.78, 5) is 29.2. The van der Waals surface area contributed by atoms with Crippen molar-refractivity contribution < 1.29 is 9.59 Å². The Morgan fingerprint density at radius 3 is 2.60 bits per heavy atom. The molecule has 2 amide bonds. The molecule has 1 aliphatic carbocycles. The van der Waals surface area contributed by atoms with E-state index in [2.05, 4.69) is 15.7 Å². The molecule has 0 saturated heterocycles. The smallest absolute Gasteiger partial charge is 0.252 e. The number of carbonyl (C=O) groups is 2. The fourth-order valence-corrected chi connectivity index (χ4v) is 2.82. The molecule has 2 heterocycles. The third kappa shape index (κ3) is 3.81. The summed E-state index contributed by atoms with van der Waals surface area (Å²) in [6.45, 7) is 7.79. The van der Waals surface area contributed by atoms with Crippen molar-refractivity contribution in [1.82, 2.24) is 25.4 Å². The fourth-order valence-electron chi connectivity index (χ4n) is 2.82. The van der Waals surface area contributed by atoms with Gasteiger partial charge in [-0.1, -0.05) is 0 Å². The Labute approximate surface area is 147 Å². The van der Waals surface area contributed by atoms with Crippen LogP contribution in [0.25, 0.3) is 11.0 Å². The Balaban J connectivity index is 1.89. The third-order valence-electron chi connectivity index (χ3n) is 4.18. The van der Waals surface area contributed by atoms with E-state index in [4.69, 9.17) is 4.98 Å². The predicted octanol–water partition coefficient (Wildman–Crippen LogP) is 2.14. The van der Waals surface area contributed by atoms with Gasteiger partial charge in [0.25, 0.3) is 5.91 Å². The lowest BCUT2D eigenvalue weighted by atomic mass is 10.1. The molecule has 3 rings (SSSR count). The molecule has 1 saturated carbocycles. The zero-order valence-corrected chi connectivity index (χ0v) is 15.2. The zero-order chi connectivity index (χ0) is 18.1. The standard InChI is InChI=1S/C18H25N5O2/c1-10(2)21-16(24)9-19-18(25)13-7-15(12-5-6-12)22-17-14(13)8-20-23(17)11(3)4/h7-8,10-12H,5-6,9H2,1-4H3,(H,19,25)(H,21,24). The van der Waals surface area contributed by atoms with Crippen LogP contribution < -0.4 is 10.6 Å². The second kappa shape index (κ2) is 6.82. The van der Waals surface area contributed by atoms with Crippen molar-refractivity contribution in [2.75, 3.05) is 6.54 Å². The molecule has 2 aromatic heterocycles. The zero-order valence-electron chi connectivity index (χ0n) is 15.2. The lowest BCUT2D eigenvalue weighted by Crippen LogP contribution is -2.39. The Bertz CT molecular complexity index is 805. The number of pyridine rings is 1. The largest absolute Gasteiger partial charge is 0.352 e. The molecule has 0 aromatic carbocycles. The number of amides is 2. The number of nitrogens with one attached hydrogen (secondary N) is 2. The van der Waals surface area contributed by atoms with E-state index in [-0.39, 0.29) is 30.4 Å². The Hall–Kier alpha value is -2.44. The minimum atomic E-state index is -0.267. The molecule has 2 aromatic rings. The van der Waals surface area contributed by atoms with E-state index in [1.807, 2.05) is 38.4 Å². The van der Waals surface area contributed by atoms with Gasteiger partial charge in [-0.25, -0.2) is 9.67 Å². The van der Waals surface area contributed by atoms with Gasteiger partial charge >= 0.3 is 0 Å². The van der Waals surface area contributed by atoms with Gasteiger partial charge in [0.05, 0.1) is 23.7 Å². The highest BCUT2D eigenvalue weighted by molar-refractivity contribution is 6.06. The van der Waals surface area contributed by atoms with Crippen molar-refractivity contribution in [3.63, 3.8) is 0 Å². The molecule has 0 unspecified atom stereocenters. The van der Waals surface area contributed by atoms with E-state index in [9.17, 15) is 9.59 Å². The van der Waals surface area contributed by atoms with Gasteiger partial charge in [-0.3, -0.25) is 9.59 Å². The summed E-state index contributed by atoms with van der Waals surface area (Å²) in [7, 11) is 0. The van der Waals surface area contributed by atoms with E-state index in [0.29, 0.717) is 11.5 Å². The van der Waals surface area contributed by atoms with Crippen LogP contribution in [0.4, 0.5) is 0 Å². The summed E-state index contributed by atoms with van der Waals surface area (Å²) < 4.78 is 1.84. The fraction of sp³-hybridized carbons (Fsp3) is 0.556. The Morgan fingerprint density at radius 2 is 2.00 bits per heavy atom. The van der Waals surface area contributed by atoms with Crippen LogP contribution in [0.15, 0.2) is 12.3 Å². The molecule has 0 aliphatic heterocycles. The van der Waals surface area contributed by atoms with Crippen molar-refractivity contribution >= 4 is 22.8 Å². The van der Waals surface area contributed by atoms with Crippen LogP contribution in [0.5, 0.6) is 0 Å². The summed E-state index contributed by atoms with van der Waals surface area (Å²) in [5.74, 6) is -0.0406. The van der Waals surface area contributed by atoms with Gasteiger partial charge in [0.1, 0.15) is 0 Å². The quantitative estimate of drug-likeness (QED) is 0.841. The predicted molar refractivity (Wildman–Crippen MR) is 95.5 cm³/mol. The first-order chi connectivity index (χ1) is 11.9. The topological polar surface area (TPSA) is 88.9 Å². The van der Waals surface area contributed by atoms with Crippen LogP contribution in [-0.2, 0) is 4.79 Å². The summed E-state index contributed by atoms with van der Waals surface area (Å²) >= 11 is 0. The van der Waals surface area contributed by atoms with E-state index >= 15 is 0 Å². The Morgan fingerprint density at radius 1 is 1.28 bits per heavy atom. The molecule has 2 N–H and O–H groups in total. The van der Waals surface area contributed by atoms with Crippen molar-refractivity contribution in [2.24, 2.45) is 0 Å². The molecule has 134 valence electrons. The van der Waals surface area contributed by atoms with Crippen molar-refractivity contribution in [3.8, 4) is 0 Å². The van der Waals surface area contributed by atoms with Gasteiger partial charge in [-0.2, -0.15) is 5.10 Å². The van der Waals surface area contributed by atoms with Crippen LogP contribution in [0.2, 0.25) is 0 Å². The normalized spacial score (nSPS) is 14.3. The number of fused-ring (bicyclic) bond motifs is 1. The van der Waals surface area contributed by atoms with E-state index in [1.54, 1.807) is 6.20 Å². The first-order valence-corrected chi connectivity index (χ1v) is 8.82. The highest BCUT2D eigenvalue weighted by Gasteiger charge is 2.28. The van der Waals surface area contributed by atoms with Crippen LogP contribution in [-0.4, -0.2) is 39.2 Å². The van der Waals surface area contributed by atoms with Gasteiger partial charge in [0.15, 0.2) is 5.65 Å². The first-order valence-electron chi connectivity index (χ1n) is 8.82. The lowest BCUT2D eigenvalue weighted by molar-refractivity contribution is -0.120. The number of carbonyl (C=O) groups excluding carboxylic acids is 2. The maximum Gasteiger partial charge on any atom is 0.252 e.